The Hall–Kier alpha value is -3.24. The van der Waals surface area contributed by atoms with Gasteiger partial charge in [0.1, 0.15) is 11.8 Å². The predicted molar refractivity (Wildman–Crippen MR) is 101 cm³/mol. The van der Waals surface area contributed by atoms with Gasteiger partial charge in [0.05, 0.1) is 31.8 Å². The molecule has 1 amide bonds. The van der Waals surface area contributed by atoms with Gasteiger partial charge in [-0.15, -0.1) is 0 Å². The van der Waals surface area contributed by atoms with Crippen molar-refractivity contribution in [3.8, 4) is 5.75 Å². The molecule has 2 aromatic rings. The van der Waals surface area contributed by atoms with Gasteiger partial charge in [0.2, 0.25) is 5.91 Å². The van der Waals surface area contributed by atoms with Crippen LogP contribution in [0.25, 0.3) is 0 Å². The van der Waals surface area contributed by atoms with Crippen molar-refractivity contribution in [3.63, 3.8) is 0 Å². The molecule has 0 heterocycles. The van der Waals surface area contributed by atoms with Crippen LogP contribution in [0.4, 0.5) is 26.3 Å². The van der Waals surface area contributed by atoms with E-state index in [1.54, 1.807) is 24.3 Å². The molecule has 0 radical (unpaired) electrons. The van der Waals surface area contributed by atoms with Gasteiger partial charge in [0, 0.05) is 6.42 Å². The van der Waals surface area contributed by atoms with Crippen molar-refractivity contribution in [2.75, 3.05) is 14.2 Å². The molecule has 0 aliphatic carbocycles. The molecule has 0 saturated carbocycles. The summed E-state index contributed by atoms with van der Waals surface area (Å²) in [6, 6.07) is 6.24. The molecule has 1 atom stereocenters. The number of ether oxygens (including phenoxy) is 2. The number of alkyl halides is 6. The van der Waals surface area contributed by atoms with E-state index in [9.17, 15) is 35.9 Å². The van der Waals surface area contributed by atoms with Gasteiger partial charge < -0.3 is 14.8 Å². The molecule has 5 nitrogen and oxygen atoms in total. The van der Waals surface area contributed by atoms with Gasteiger partial charge in [-0.3, -0.25) is 4.79 Å². The summed E-state index contributed by atoms with van der Waals surface area (Å²) >= 11 is 0. The minimum atomic E-state index is -5.04. The lowest BCUT2D eigenvalue weighted by atomic mass is 10.0. The van der Waals surface area contributed by atoms with Gasteiger partial charge in [0.25, 0.3) is 0 Å². The van der Waals surface area contributed by atoms with Gasteiger partial charge in [-0.05, 0) is 35.4 Å². The summed E-state index contributed by atoms with van der Waals surface area (Å²) in [4.78, 5) is 24.5. The molecule has 11 heteroatoms. The van der Waals surface area contributed by atoms with Crippen molar-refractivity contribution >= 4 is 11.9 Å². The molecule has 2 rings (SSSR count). The Balaban J connectivity index is 2.27. The second-order valence-corrected chi connectivity index (χ2v) is 6.75. The summed E-state index contributed by atoms with van der Waals surface area (Å²) in [6.45, 7) is 0. The quantitative estimate of drug-likeness (QED) is 0.495. The van der Waals surface area contributed by atoms with Crippen LogP contribution < -0.4 is 10.1 Å². The fourth-order valence-corrected chi connectivity index (χ4v) is 2.98. The van der Waals surface area contributed by atoms with Crippen LogP contribution in [0.2, 0.25) is 0 Å². The molecule has 32 heavy (non-hydrogen) atoms. The SMILES string of the molecule is COC(=O)[C@@H](Cc1ccccc1OC)NC(=O)Cc1cc(C(F)(F)F)cc(C(F)(F)F)c1. The Morgan fingerprint density at radius 3 is 2.00 bits per heavy atom. The van der Waals surface area contributed by atoms with Crippen molar-refractivity contribution in [1.82, 2.24) is 5.32 Å². The molecule has 1 N–H and O–H groups in total. The van der Waals surface area contributed by atoms with Gasteiger partial charge in [-0.2, -0.15) is 26.3 Å². The van der Waals surface area contributed by atoms with Gasteiger partial charge >= 0.3 is 18.3 Å². The summed E-state index contributed by atoms with van der Waals surface area (Å²) in [5.74, 6) is -1.38. The highest BCUT2D eigenvalue weighted by atomic mass is 19.4. The third kappa shape index (κ3) is 6.63. The highest BCUT2D eigenvalue weighted by Gasteiger charge is 2.37. The maximum absolute atomic E-state index is 13.0. The number of carbonyl (C=O) groups excluding carboxylic acids is 2. The number of nitrogens with one attached hydrogen (secondary N) is 1. The number of amides is 1. The second-order valence-electron chi connectivity index (χ2n) is 6.75. The van der Waals surface area contributed by atoms with Crippen LogP contribution in [-0.4, -0.2) is 32.1 Å². The first kappa shape index (κ1) is 25.0. The number of esters is 1. The van der Waals surface area contributed by atoms with Crippen molar-refractivity contribution in [1.29, 1.82) is 0 Å². The van der Waals surface area contributed by atoms with Crippen LogP contribution in [0.5, 0.6) is 5.75 Å². The molecule has 2 aromatic carbocycles. The van der Waals surface area contributed by atoms with Gasteiger partial charge in [0.15, 0.2) is 0 Å². The van der Waals surface area contributed by atoms with E-state index in [1.807, 2.05) is 0 Å². The Kier molecular flexibility index (Phi) is 7.76. The maximum atomic E-state index is 13.0. The van der Waals surface area contributed by atoms with E-state index in [1.165, 1.54) is 7.11 Å². The van der Waals surface area contributed by atoms with Crippen LogP contribution >= 0.6 is 0 Å². The molecule has 0 bridgehead atoms. The van der Waals surface area contributed by atoms with Crippen molar-refractivity contribution in [2.24, 2.45) is 0 Å². The molecular weight excluding hydrogens is 444 g/mol. The zero-order chi connectivity index (χ0) is 24.1. The van der Waals surface area contributed by atoms with Crippen LogP contribution in [0.1, 0.15) is 22.3 Å². The summed E-state index contributed by atoms with van der Waals surface area (Å²) in [5.41, 5.74) is -3.04. The van der Waals surface area contributed by atoms with Crippen molar-refractivity contribution in [3.05, 3.63) is 64.7 Å². The fraction of sp³-hybridized carbons (Fsp3) is 0.333. The number of methoxy groups -OCH3 is 2. The Morgan fingerprint density at radius 2 is 1.50 bits per heavy atom. The normalized spacial score (nSPS) is 12.8. The lowest BCUT2D eigenvalue weighted by Crippen LogP contribution is -2.43. The molecule has 0 aromatic heterocycles. The molecule has 0 spiro atoms. The first-order chi connectivity index (χ1) is 14.8. The minimum Gasteiger partial charge on any atom is -0.496 e. The summed E-state index contributed by atoms with van der Waals surface area (Å²) < 4.78 is 87.9. The number of para-hydroxylation sites is 1. The Labute approximate surface area is 179 Å². The number of rotatable bonds is 7. The third-order valence-corrected chi connectivity index (χ3v) is 4.45. The van der Waals surface area contributed by atoms with Gasteiger partial charge in [-0.25, -0.2) is 4.79 Å². The van der Waals surface area contributed by atoms with E-state index in [0.717, 1.165) is 7.11 Å². The smallest absolute Gasteiger partial charge is 0.416 e. The lowest BCUT2D eigenvalue weighted by molar-refractivity contribution is -0.145. The maximum Gasteiger partial charge on any atom is 0.416 e. The first-order valence-electron chi connectivity index (χ1n) is 9.12. The highest BCUT2D eigenvalue weighted by molar-refractivity contribution is 5.86. The monoisotopic (exact) mass is 463 g/mol. The topological polar surface area (TPSA) is 64.6 Å². The number of halogens is 6. The predicted octanol–water partition coefficient (Wildman–Crippen LogP) is 4.18. The average Bonchev–Trinajstić information content (AvgIpc) is 2.71. The number of benzene rings is 2. The summed E-state index contributed by atoms with van der Waals surface area (Å²) in [6.07, 6.45) is -11.0. The van der Waals surface area contributed by atoms with Crippen LogP contribution in [-0.2, 0) is 39.5 Å². The number of hydrogen-bond donors (Lipinski definition) is 1. The van der Waals surface area contributed by atoms with E-state index in [0.29, 0.717) is 23.4 Å². The van der Waals surface area contributed by atoms with Crippen molar-refractivity contribution in [2.45, 2.75) is 31.2 Å². The van der Waals surface area contributed by atoms with Crippen LogP contribution in [0.3, 0.4) is 0 Å². The van der Waals surface area contributed by atoms with Crippen molar-refractivity contribution < 1.29 is 45.4 Å². The Morgan fingerprint density at radius 1 is 0.938 bits per heavy atom. The summed E-state index contributed by atoms with van der Waals surface area (Å²) in [5, 5.41) is 2.30. The number of hydrogen-bond acceptors (Lipinski definition) is 4. The minimum absolute atomic E-state index is 0.0274. The average molecular weight is 463 g/mol. The molecule has 0 saturated heterocycles. The molecular formula is C21H19F6NO4. The van der Waals surface area contributed by atoms with E-state index >= 15 is 0 Å². The Bertz CT molecular complexity index is 939. The zero-order valence-corrected chi connectivity index (χ0v) is 16.9. The first-order valence-corrected chi connectivity index (χ1v) is 9.12. The largest absolute Gasteiger partial charge is 0.496 e. The van der Waals surface area contributed by atoms with Crippen LogP contribution in [0.15, 0.2) is 42.5 Å². The van der Waals surface area contributed by atoms with E-state index in [-0.39, 0.29) is 12.5 Å². The highest BCUT2D eigenvalue weighted by Crippen LogP contribution is 2.36. The molecule has 0 aliphatic rings. The van der Waals surface area contributed by atoms with E-state index < -0.39 is 53.4 Å². The zero-order valence-electron chi connectivity index (χ0n) is 16.9. The van der Waals surface area contributed by atoms with Crippen LogP contribution in [0, 0.1) is 0 Å². The molecule has 0 aliphatic heterocycles. The van der Waals surface area contributed by atoms with Gasteiger partial charge in [-0.1, -0.05) is 18.2 Å². The number of carbonyl (C=O) groups is 2. The summed E-state index contributed by atoms with van der Waals surface area (Å²) in [7, 11) is 2.47. The third-order valence-electron chi connectivity index (χ3n) is 4.45. The second kappa shape index (κ2) is 9.92. The van der Waals surface area contributed by atoms with E-state index in [2.05, 4.69) is 10.1 Å². The standard InChI is InChI=1S/C21H19F6NO4/c1-31-17-6-4-3-5-13(17)10-16(19(30)32-2)28-18(29)9-12-7-14(20(22,23)24)11-15(8-12)21(25,26)27/h3-8,11,16H,9-10H2,1-2H3,(H,28,29)/t16-/m1/s1. The molecule has 0 unspecified atom stereocenters. The molecule has 174 valence electrons. The fourth-order valence-electron chi connectivity index (χ4n) is 2.98. The van der Waals surface area contributed by atoms with E-state index in [4.69, 9.17) is 4.74 Å². The molecule has 0 fully saturated rings. The lowest BCUT2D eigenvalue weighted by Gasteiger charge is -2.19.